The molecule has 0 bridgehead atoms. The van der Waals surface area contributed by atoms with E-state index in [0.29, 0.717) is 10.0 Å². The van der Waals surface area contributed by atoms with Crippen LogP contribution in [0.1, 0.15) is 5.56 Å². The molecule has 1 rings (SSSR count). The summed E-state index contributed by atoms with van der Waals surface area (Å²) in [6.07, 6.45) is 2.64. The van der Waals surface area contributed by atoms with Crippen LogP contribution in [0.25, 0.3) is 6.08 Å². The Morgan fingerprint density at radius 2 is 2.23 bits per heavy atom. The van der Waals surface area contributed by atoms with Gasteiger partial charge in [0.05, 0.1) is 4.47 Å². The first kappa shape index (κ1) is 9.92. The maximum Gasteiger partial charge on any atom is 0.241 e. The van der Waals surface area contributed by atoms with Gasteiger partial charge in [0.2, 0.25) is 5.91 Å². The summed E-state index contributed by atoms with van der Waals surface area (Å²) in [5.41, 5.74) is 5.48. The summed E-state index contributed by atoms with van der Waals surface area (Å²) in [7, 11) is 0. The summed E-state index contributed by atoms with van der Waals surface area (Å²) < 4.78 is 13.3. The van der Waals surface area contributed by atoms with Gasteiger partial charge in [-0.1, -0.05) is 6.07 Å². The Morgan fingerprint density at radius 3 is 2.77 bits per heavy atom. The van der Waals surface area contributed by atoms with Crippen molar-refractivity contribution in [2.75, 3.05) is 0 Å². The quantitative estimate of drug-likeness (QED) is 0.795. The largest absolute Gasteiger partial charge is 0.366 e. The Balaban J connectivity index is 2.92. The molecule has 0 fully saturated rings. The van der Waals surface area contributed by atoms with Crippen molar-refractivity contribution < 1.29 is 9.18 Å². The molecule has 0 radical (unpaired) electrons. The molecule has 0 aliphatic carbocycles. The average Bonchev–Trinajstić information content (AvgIpc) is 2.07. The number of rotatable bonds is 2. The van der Waals surface area contributed by atoms with E-state index in [2.05, 4.69) is 15.9 Å². The van der Waals surface area contributed by atoms with Gasteiger partial charge in [0, 0.05) is 6.08 Å². The van der Waals surface area contributed by atoms with Crippen molar-refractivity contribution in [2.24, 2.45) is 5.73 Å². The van der Waals surface area contributed by atoms with Gasteiger partial charge < -0.3 is 5.73 Å². The lowest BCUT2D eigenvalue weighted by molar-refractivity contribution is -0.113. The van der Waals surface area contributed by atoms with Gasteiger partial charge in [-0.3, -0.25) is 4.79 Å². The molecule has 13 heavy (non-hydrogen) atoms. The first-order chi connectivity index (χ1) is 6.09. The second kappa shape index (κ2) is 4.18. The fraction of sp³-hybridized carbons (Fsp3) is 0. The zero-order valence-electron chi connectivity index (χ0n) is 6.63. The van der Waals surface area contributed by atoms with Crippen molar-refractivity contribution >= 4 is 27.9 Å². The van der Waals surface area contributed by atoms with Crippen molar-refractivity contribution in [2.45, 2.75) is 0 Å². The van der Waals surface area contributed by atoms with Crippen molar-refractivity contribution in [3.63, 3.8) is 0 Å². The number of nitrogens with two attached hydrogens (primary N) is 1. The highest BCUT2D eigenvalue weighted by molar-refractivity contribution is 9.10. The molecule has 0 unspecified atom stereocenters. The predicted molar refractivity (Wildman–Crippen MR) is 52.3 cm³/mol. The van der Waals surface area contributed by atoms with Crippen LogP contribution < -0.4 is 5.73 Å². The van der Waals surface area contributed by atoms with E-state index in [1.807, 2.05) is 0 Å². The average molecular weight is 244 g/mol. The van der Waals surface area contributed by atoms with Gasteiger partial charge in [-0.15, -0.1) is 0 Å². The molecule has 0 heterocycles. The van der Waals surface area contributed by atoms with E-state index in [1.54, 1.807) is 12.1 Å². The Kier molecular flexibility index (Phi) is 3.19. The SMILES string of the molecule is NC(=O)/C=C/c1ccc(Br)c(F)c1. The van der Waals surface area contributed by atoms with Gasteiger partial charge in [0.25, 0.3) is 0 Å². The van der Waals surface area contributed by atoms with E-state index in [-0.39, 0.29) is 5.82 Å². The van der Waals surface area contributed by atoms with Crippen molar-refractivity contribution in [1.82, 2.24) is 0 Å². The molecule has 0 aliphatic heterocycles. The summed E-state index contributed by atoms with van der Waals surface area (Å²) in [4.78, 5) is 10.4. The molecule has 1 amide bonds. The highest BCUT2D eigenvalue weighted by Crippen LogP contribution is 2.16. The third-order valence-corrected chi connectivity index (χ3v) is 2.03. The fourth-order valence-corrected chi connectivity index (χ4v) is 1.04. The monoisotopic (exact) mass is 243 g/mol. The zero-order chi connectivity index (χ0) is 9.84. The van der Waals surface area contributed by atoms with E-state index in [9.17, 15) is 9.18 Å². The number of halogens is 2. The lowest BCUT2D eigenvalue weighted by Gasteiger charge is -1.95. The van der Waals surface area contributed by atoms with Crippen LogP contribution in [-0.2, 0) is 4.79 Å². The molecule has 0 saturated carbocycles. The minimum absolute atomic E-state index is 0.369. The summed E-state index contributed by atoms with van der Waals surface area (Å²) >= 11 is 3.02. The summed E-state index contributed by atoms with van der Waals surface area (Å²) in [6, 6.07) is 4.55. The van der Waals surface area contributed by atoms with Crippen LogP contribution >= 0.6 is 15.9 Å². The first-order valence-electron chi connectivity index (χ1n) is 3.52. The molecule has 2 N–H and O–H groups in total. The van der Waals surface area contributed by atoms with Crippen LogP contribution in [0.2, 0.25) is 0 Å². The van der Waals surface area contributed by atoms with Crippen LogP contribution in [0.5, 0.6) is 0 Å². The molecule has 1 aromatic carbocycles. The van der Waals surface area contributed by atoms with Crippen LogP contribution in [0.3, 0.4) is 0 Å². The van der Waals surface area contributed by atoms with Crippen molar-refractivity contribution in [1.29, 1.82) is 0 Å². The van der Waals surface area contributed by atoms with Gasteiger partial charge in [0.1, 0.15) is 5.82 Å². The van der Waals surface area contributed by atoms with Gasteiger partial charge in [-0.05, 0) is 39.7 Å². The van der Waals surface area contributed by atoms with E-state index in [1.165, 1.54) is 18.2 Å². The predicted octanol–water partition coefficient (Wildman–Crippen LogP) is 2.09. The number of benzene rings is 1. The Labute approximate surface area is 83.4 Å². The highest BCUT2D eigenvalue weighted by Gasteiger charge is 1.97. The van der Waals surface area contributed by atoms with Crippen LogP contribution in [0.15, 0.2) is 28.7 Å². The topological polar surface area (TPSA) is 43.1 Å². The van der Waals surface area contributed by atoms with Crippen LogP contribution in [0, 0.1) is 5.82 Å². The molecule has 0 aliphatic rings. The lowest BCUT2D eigenvalue weighted by atomic mass is 10.2. The van der Waals surface area contributed by atoms with Gasteiger partial charge in [-0.2, -0.15) is 0 Å². The van der Waals surface area contributed by atoms with Crippen molar-refractivity contribution in [3.05, 3.63) is 40.1 Å². The molecule has 1 aromatic rings. The minimum atomic E-state index is -0.552. The maximum atomic E-state index is 12.9. The number of amides is 1. The molecule has 0 aromatic heterocycles. The third kappa shape index (κ3) is 2.99. The molecule has 0 spiro atoms. The fourth-order valence-electron chi connectivity index (χ4n) is 0.794. The molecule has 4 heteroatoms. The second-order valence-electron chi connectivity index (χ2n) is 2.41. The first-order valence-corrected chi connectivity index (χ1v) is 4.31. The highest BCUT2D eigenvalue weighted by atomic mass is 79.9. The summed E-state index contributed by atoms with van der Waals surface area (Å²) in [5, 5.41) is 0. The van der Waals surface area contributed by atoms with Gasteiger partial charge >= 0.3 is 0 Å². The molecular formula is C9H7BrFNO. The molecule has 68 valence electrons. The van der Waals surface area contributed by atoms with Crippen LogP contribution in [-0.4, -0.2) is 5.91 Å². The van der Waals surface area contributed by atoms with E-state index in [4.69, 9.17) is 5.73 Å². The Hall–Kier alpha value is -1.16. The van der Waals surface area contributed by atoms with Gasteiger partial charge in [-0.25, -0.2) is 4.39 Å². The molecule has 0 saturated heterocycles. The van der Waals surface area contributed by atoms with Crippen molar-refractivity contribution in [3.8, 4) is 0 Å². The lowest BCUT2D eigenvalue weighted by Crippen LogP contribution is -2.05. The third-order valence-electron chi connectivity index (χ3n) is 1.38. The zero-order valence-corrected chi connectivity index (χ0v) is 8.21. The molecule has 2 nitrogen and oxygen atoms in total. The summed E-state index contributed by atoms with van der Waals surface area (Å²) in [6.45, 7) is 0. The standard InChI is InChI=1S/C9H7BrFNO/c10-7-3-1-6(5-8(7)11)2-4-9(12)13/h1-5H,(H2,12,13)/b4-2+. The molecule has 0 atom stereocenters. The second-order valence-corrected chi connectivity index (χ2v) is 3.26. The summed E-state index contributed by atoms with van der Waals surface area (Å²) in [5.74, 6) is -0.921. The number of carbonyl (C=O) groups is 1. The van der Waals surface area contributed by atoms with E-state index < -0.39 is 5.91 Å². The minimum Gasteiger partial charge on any atom is -0.366 e. The van der Waals surface area contributed by atoms with Gasteiger partial charge in [0.15, 0.2) is 0 Å². The Bertz CT molecular complexity index is 363. The number of hydrogen-bond acceptors (Lipinski definition) is 1. The number of hydrogen-bond donors (Lipinski definition) is 1. The Morgan fingerprint density at radius 1 is 1.54 bits per heavy atom. The number of carbonyl (C=O) groups excluding carboxylic acids is 1. The molecular weight excluding hydrogens is 237 g/mol. The van der Waals surface area contributed by atoms with E-state index in [0.717, 1.165) is 0 Å². The van der Waals surface area contributed by atoms with E-state index >= 15 is 0 Å². The maximum absolute atomic E-state index is 12.9. The normalized spacial score (nSPS) is 10.6. The number of primary amides is 1. The smallest absolute Gasteiger partial charge is 0.241 e. The van der Waals surface area contributed by atoms with Crippen LogP contribution in [0.4, 0.5) is 4.39 Å².